The average molecular weight is 328 g/mol. The summed E-state index contributed by atoms with van der Waals surface area (Å²) in [5, 5.41) is 10.5. The molecule has 1 aromatic heterocycles. The van der Waals surface area contributed by atoms with Crippen LogP contribution in [0.2, 0.25) is 10.0 Å². The Bertz CT molecular complexity index is 912. The number of nitriles is 1. The number of aryl methyl sites for hydroxylation is 1. The van der Waals surface area contributed by atoms with Crippen molar-refractivity contribution in [1.82, 2.24) is 9.55 Å². The fourth-order valence-electron chi connectivity index (χ4n) is 2.33. The van der Waals surface area contributed by atoms with Crippen molar-refractivity contribution in [3.8, 4) is 6.07 Å². The van der Waals surface area contributed by atoms with E-state index in [0.29, 0.717) is 27.0 Å². The van der Waals surface area contributed by atoms with Crippen molar-refractivity contribution in [3.05, 3.63) is 63.9 Å². The van der Waals surface area contributed by atoms with Crippen LogP contribution >= 0.6 is 23.2 Å². The third kappa shape index (κ3) is 2.48. The number of para-hydroxylation sites is 2. The normalized spacial score (nSPS) is 11.6. The second-order valence-electron chi connectivity index (χ2n) is 4.79. The number of imidazole rings is 1. The Morgan fingerprint density at radius 1 is 1.14 bits per heavy atom. The number of hydrogen-bond acceptors (Lipinski definition) is 2. The van der Waals surface area contributed by atoms with Crippen LogP contribution in [-0.2, 0) is 7.05 Å². The van der Waals surface area contributed by atoms with Crippen LogP contribution in [0, 0.1) is 11.3 Å². The standard InChI is InChI=1S/C17H11Cl2N3/c1-22-16-8-3-2-7-15(16)21-17(22)11(10-20)9-12-13(18)5-4-6-14(12)19/h2-9H,1H3/b11-9+. The monoisotopic (exact) mass is 327 g/mol. The lowest BCUT2D eigenvalue weighted by atomic mass is 10.1. The number of allylic oxidation sites excluding steroid dienone is 1. The molecule has 0 N–H and O–H groups in total. The average Bonchev–Trinajstić information content (AvgIpc) is 2.85. The third-order valence-corrected chi connectivity index (χ3v) is 4.10. The van der Waals surface area contributed by atoms with Gasteiger partial charge in [0.25, 0.3) is 0 Å². The van der Waals surface area contributed by atoms with E-state index in [1.807, 2.05) is 35.9 Å². The minimum atomic E-state index is 0.411. The summed E-state index contributed by atoms with van der Waals surface area (Å²) in [6.07, 6.45) is 1.67. The molecule has 22 heavy (non-hydrogen) atoms. The molecule has 0 atom stereocenters. The molecule has 3 aromatic rings. The van der Waals surface area contributed by atoms with E-state index in [2.05, 4.69) is 11.1 Å². The van der Waals surface area contributed by atoms with Crippen molar-refractivity contribution in [1.29, 1.82) is 5.26 Å². The van der Waals surface area contributed by atoms with Crippen LogP contribution < -0.4 is 0 Å². The zero-order valence-electron chi connectivity index (χ0n) is 11.7. The largest absolute Gasteiger partial charge is 0.327 e. The third-order valence-electron chi connectivity index (χ3n) is 3.44. The summed E-state index contributed by atoms with van der Waals surface area (Å²) in [5.74, 6) is 0.583. The smallest absolute Gasteiger partial charge is 0.151 e. The lowest BCUT2D eigenvalue weighted by molar-refractivity contribution is 0.925. The van der Waals surface area contributed by atoms with E-state index in [1.165, 1.54) is 0 Å². The van der Waals surface area contributed by atoms with Crippen molar-refractivity contribution >= 4 is 45.9 Å². The Morgan fingerprint density at radius 3 is 2.45 bits per heavy atom. The molecule has 0 spiro atoms. The van der Waals surface area contributed by atoms with E-state index in [9.17, 15) is 5.26 Å². The Morgan fingerprint density at radius 2 is 1.82 bits per heavy atom. The first-order valence-electron chi connectivity index (χ1n) is 6.59. The summed E-state index contributed by atoms with van der Waals surface area (Å²) >= 11 is 12.3. The second kappa shape index (κ2) is 5.84. The van der Waals surface area contributed by atoms with Crippen LogP contribution in [0.5, 0.6) is 0 Å². The highest BCUT2D eigenvalue weighted by atomic mass is 35.5. The summed E-state index contributed by atoms with van der Waals surface area (Å²) in [6, 6.07) is 15.2. The van der Waals surface area contributed by atoms with Gasteiger partial charge in [0.1, 0.15) is 6.07 Å². The van der Waals surface area contributed by atoms with Gasteiger partial charge in [-0.1, -0.05) is 41.4 Å². The lowest BCUT2D eigenvalue weighted by Crippen LogP contribution is -1.96. The van der Waals surface area contributed by atoms with Crippen LogP contribution in [0.25, 0.3) is 22.7 Å². The Hall–Kier alpha value is -2.28. The molecule has 0 saturated carbocycles. The van der Waals surface area contributed by atoms with Gasteiger partial charge in [0.05, 0.1) is 16.6 Å². The molecule has 0 bridgehead atoms. The number of fused-ring (bicyclic) bond motifs is 1. The maximum absolute atomic E-state index is 9.51. The highest BCUT2D eigenvalue weighted by molar-refractivity contribution is 6.37. The quantitative estimate of drug-likeness (QED) is 0.625. The van der Waals surface area contributed by atoms with Gasteiger partial charge in [0.15, 0.2) is 5.82 Å². The molecular formula is C17H11Cl2N3. The first-order valence-corrected chi connectivity index (χ1v) is 7.35. The molecule has 0 radical (unpaired) electrons. The molecule has 0 amide bonds. The first kappa shape index (κ1) is 14.6. The highest BCUT2D eigenvalue weighted by Gasteiger charge is 2.13. The molecule has 2 aromatic carbocycles. The molecule has 0 saturated heterocycles. The van der Waals surface area contributed by atoms with Crippen molar-refractivity contribution < 1.29 is 0 Å². The minimum Gasteiger partial charge on any atom is -0.327 e. The van der Waals surface area contributed by atoms with Gasteiger partial charge in [0.2, 0.25) is 0 Å². The number of hydrogen-bond donors (Lipinski definition) is 0. The molecular weight excluding hydrogens is 317 g/mol. The molecule has 0 aliphatic carbocycles. The van der Waals surface area contributed by atoms with Crippen molar-refractivity contribution in [2.45, 2.75) is 0 Å². The SMILES string of the molecule is Cn1c(/C(C#N)=C/c2c(Cl)cccc2Cl)nc2ccccc21. The van der Waals surface area contributed by atoms with Gasteiger partial charge in [0, 0.05) is 22.7 Å². The van der Waals surface area contributed by atoms with E-state index >= 15 is 0 Å². The Balaban J connectivity index is 2.21. The van der Waals surface area contributed by atoms with E-state index in [4.69, 9.17) is 23.2 Å². The van der Waals surface area contributed by atoms with Gasteiger partial charge >= 0.3 is 0 Å². The summed E-state index contributed by atoms with van der Waals surface area (Å²) < 4.78 is 1.88. The molecule has 0 aliphatic rings. The molecule has 1 heterocycles. The van der Waals surface area contributed by atoms with E-state index in [0.717, 1.165) is 11.0 Å². The zero-order valence-corrected chi connectivity index (χ0v) is 13.2. The predicted molar refractivity (Wildman–Crippen MR) is 90.7 cm³/mol. The number of halogens is 2. The van der Waals surface area contributed by atoms with Crippen molar-refractivity contribution in [3.63, 3.8) is 0 Å². The Labute approximate surface area is 138 Å². The number of benzene rings is 2. The molecule has 3 rings (SSSR count). The van der Waals surface area contributed by atoms with Crippen LogP contribution in [-0.4, -0.2) is 9.55 Å². The van der Waals surface area contributed by atoms with E-state index in [-0.39, 0.29) is 0 Å². The summed E-state index contributed by atoms with van der Waals surface area (Å²) in [4.78, 5) is 4.52. The molecule has 0 aliphatic heterocycles. The maximum Gasteiger partial charge on any atom is 0.151 e. The first-order chi connectivity index (χ1) is 10.6. The predicted octanol–water partition coefficient (Wildman–Crippen LogP) is 4.94. The van der Waals surface area contributed by atoms with Gasteiger partial charge in [-0.25, -0.2) is 4.98 Å². The maximum atomic E-state index is 9.51. The molecule has 3 nitrogen and oxygen atoms in total. The van der Waals surface area contributed by atoms with E-state index in [1.54, 1.807) is 24.3 Å². The van der Waals surface area contributed by atoms with Crippen LogP contribution in [0.1, 0.15) is 11.4 Å². The van der Waals surface area contributed by atoms with Crippen molar-refractivity contribution in [2.75, 3.05) is 0 Å². The topological polar surface area (TPSA) is 41.6 Å². The van der Waals surface area contributed by atoms with Gasteiger partial charge in [-0.15, -0.1) is 0 Å². The molecule has 0 fully saturated rings. The number of rotatable bonds is 2. The Kier molecular flexibility index (Phi) is 3.89. The van der Waals surface area contributed by atoms with E-state index < -0.39 is 0 Å². The van der Waals surface area contributed by atoms with Crippen LogP contribution in [0.3, 0.4) is 0 Å². The van der Waals surface area contributed by atoms with Gasteiger partial charge in [-0.05, 0) is 30.3 Å². The molecule has 0 unspecified atom stereocenters. The summed E-state index contributed by atoms with van der Waals surface area (Å²) in [6.45, 7) is 0. The van der Waals surface area contributed by atoms with Gasteiger partial charge in [-0.2, -0.15) is 5.26 Å². The number of aromatic nitrogens is 2. The van der Waals surface area contributed by atoms with Crippen LogP contribution in [0.15, 0.2) is 42.5 Å². The lowest BCUT2D eigenvalue weighted by Gasteiger charge is -2.04. The van der Waals surface area contributed by atoms with Crippen molar-refractivity contribution in [2.24, 2.45) is 7.05 Å². The van der Waals surface area contributed by atoms with Crippen LogP contribution in [0.4, 0.5) is 0 Å². The fourth-order valence-corrected chi connectivity index (χ4v) is 2.83. The van der Waals surface area contributed by atoms with Gasteiger partial charge in [-0.3, -0.25) is 0 Å². The van der Waals surface area contributed by atoms with Gasteiger partial charge < -0.3 is 4.57 Å². The fraction of sp³-hybridized carbons (Fsp3) is 0.0588. The molecule has 5 heteroatoms. The number of nitrogens with zero attached hydrogens (tertiary/aromatic N) is 3. The second-order valence-corrected chi connectivity index (χ2v) is 5.60. The summed E-state index contributed by atoms with van der Waals surface area (Å²) in [7, 11) is 1.88. The zero-order chi connectivity index (χ0) is 15.7. The highest BCUT2D eigenvalue weighted by Crippen LogP contribution is 2.29. The molecule has 108 valence electrons. The minimum absolute atomic E-state index is 0.411. The summed E-state index contributed by atoms with van der Waals surface area (Å²) in [5.41, 5.74) is 2.83.